The third kappa shape index (κ3) is 3.96. The summed E-state index contributed by atoms with van der Waals surface area (Å²) in [7, 11) is 1.64. The molecule has 2 aromatic carbocycles. The van der Waals surface area contributed by atoms with E-state index in [9.17, 15) is 4.79 Å². The lowest BCUT2D eigenvalue weighted by Crippen LogP contribution is -2.03. The van der Waals surface area contributed by atoms with Crippen molar-refractivity contribution in [2.75, 3.05) is 7.11 Å². The number of Topliss-reactive ketones (excluding diaryl/α,β-unsaturated/α-hetero) is 1. The van der Waals surface area contributed by atoms with E-state index in [1.165, 1.54) is 0 Å². The van der Waals surface area contributed by atoms with E-state index in [-0.39, 0.29) is 5.78 Å². The average Bonchev–Trinajstić information content (AvgIpc) is 2.47. The van der Waals surface area contributed by atoms with Gasteiger partial charge in [0.1, 0.15) is 5.75 Å². The van der Waals surface area contributed by atoms with Crippen LogP contribution in [0.4, 0.5) is 0 Å². The Bertz CT molecular complexity index is 608. The summed E-state index contributed by atoms with van der Waals surface area (Å²) in [4.78, 5) is 12.2. The highest BCUT2D eigenvalue weighted by Gasteiger charge is 2.10. The Morgan fingerprint density at radius 1 is 1.20 bits per heavy atom. The summed E-state index contributed by atoms with van der Waals surface area (Å²) in [6.45, 7) is 0. The normalized spacial score (nSPS) is 10.3. The van der Waals surface area contributed by atoms with E-state index in [0.29, 0.717) is 23.4 Å². The Hall–Kier alpha value is -1.07. The summed E-state index contributed by atoms with van der Waals surface area (Å²) >= 11 is 8.10. The van der Waals surface area contributed by atoms with Gasteiger partial charge in [0.15, 0.2) is 5.78 Å². The molecule has 0 aliphatic carbocycles. The van der Waals surface area contributed by atoms with Crippen LogP contribution >= 0.6 is 34.2 Å². The van der Waals surface area contributed by atoms with Crippen LogP contribution in [0.1, 0.15) is 22.3 Å². The Balaban J connectivity index is 2.02. The van der Waals surface area contributed by atoms with Crippen LogP contribution in [-0.4, -0.2) is 12.9 Å². The van der Waals surface area contributed by atoms with Gasteiger partial charge < -0.3 is 4.74 Å². The number of carbonyl (C=O) groups excluding carboxylic acids is 1. The second-order valence-corrected chi connectivity index (χ2v) is 5.99. The zero-order chi connectivity index (χ0) is 14.5. The second kappa shape index (κ2) is 7.09. The first-order chi connectivity index (χ1) is 9.60. The fourth-order valence-corrected chi connectivity index (χ4v) is 2.70. The first kappa shape index (κ1) is 15.3. The summed E-state index contributed by atoms with van der Waals surface area (Å²) in [6, 6.07) is 13.2. The van der Waals surface area contributed by atoms with Gasteiger partial charge in [0.05, 0.1) is 7.11 Å². The van der Waals surface area contributed by atoms with E-state index < -0.39 is 0 Å². The van der Waals surface area contributed by atoms with Gasteiger partial charge >= 0.3 is 0 Å². The largest absolute Gasteiger partial charge is 0.497 e. The van der Waals surface area contributed by atoms with Crippen LogP contribution < -0.4 is 4.74 Å². The Kier molecular flexibility index (Phi) is 5.43. The number of methoxy groups -OCH3 is 1. The summed E-state index contributed by atoms with van der Waals surface area (Å²) in [5.41, 5.74) is 1.82. The number of hydrogen-bond acceptors (Lipinski definition) is 2. The van der Waals surface area contributed by atoms with Crippen LogP contribution in [0.2, 0.25) is 5.02 Å². The maximum absolute atomic E-state index is 12.2. The first-order valence-electron chi connectivity index (χ1n) is 6.21. The van der Waals surface area contributed by atoms with Gasteiger partial charge in [-0.25, -0.2) is 0 Å². The molecule has 0 heterocycles. The standard InChI is InChI=1S/C16H14ClIO2/c1-20-13-6-2-11(3-7-13)4-9-16(19)14-10-12(17)5-8-15(14)18/h2-3,5-8,10H,4,9H2,1H3. The van der Waals surface area contributed by atoms with Crippen LogP contribution in [0.15, 0.2) is 42.5 Å². The van der Waals surface area contributed by atoms with Crippen molar-refractivity contribution in [3.63, 3.8) is 0 Å². The molecule has 0 amide bonds. The van der Waals surface area contributed by atoms with Crippen molar-refractivity contribution in [1.29, 1.82) is 0 Å². The van der Waals surface area contributed by atoms with Crippen LogP contribution in [-0.2, 0) is 6.42 Å². The average molecular weight is 401 g/mol. The molecule has 0 radical (unpaired) electrons. The smallest absolute Gasteiger partial charge is 0.164 e. The molecular weight excluding hydrogens is 387 g/mol. The third-order valence-electron chi connectivity index (χ3n) is 3.03. The molecule has 0 spiro atoms. The van der Waals surface area contributed by atoms with Crippen LogP contribution in [0, 0.1) is 3.57 Å². The first-order valence-corrected chi connectivity index (χ1v) is 7.67. The monoisotopic (exact) mass is 400 g/mol. The fraction of sp³-hybridized carbons (Fsp3) is 0.188. The van der Waals surface area contributed by atoms with Crippen molar-refractivity contribution < 1.29 is 9.53 Å². The number of ether oxygens (including phenoxy) is 1. The minimum atomic E-state index is 0.118. The minimum absolute atomic E-state index is 0.118. The van der Waals surface area contributed by atoms with E-state index >= 15 is 0 Å². The molecule has 0 saturated heterocycles. The highest BCUT2D eigenvalue weighted by molar-refractivity contribution is 14.1. The number of benzene rings is 2. The Morgan fingerprint density at radius 2 is 1.90 bits per heavy atom. The van der Waals surface area contributed by atoms with Crippen LogP contribution in [0.5, 0.6) is 5.75 Å². The molecule has 0 bridgehead atoms. The molecule has 20 heavy (non-hydrogen) atoms. The number of hydrogen-bond donors (Lipinski definition) is 0. The Morgan fingerprint density at radius 3 is 2.55 bits per heavy atom. The summed E-state index contributed by atoms with van der Waals surface area (Å²) in [5.74, 6) is 0.942. The van der Waals surface area contributed by atoms with Gasteiger partial charge in [-0.05, 0) is 64.9 Å². The summed E-state index contributed by atoms with van der Waals surface area (Å²) in [6.07, 6.45) is 1.19. The number of carbonyl (C=O) groups is 1. The van der Waals surface area contributed by atoms with Gasteiger partial charge in [-0.15, -0.1) is 0 Å². The molecule has 0 N–H and O–H groups in total. The van der Waals surface area contributed by atoms with Crippen molar-refractivity contribution >= 4 is 40.0 Å². The topological polar surface area (TPSA) is 26.3 Å². The van der Waals surface area contributed by atoms with Crippen molar-refractivity contribution in [2.24, 2.45) is 0 Å². The van der Waals surface area contributed by atoms with Crippen molar-refractivity contribution in [3.05, 3.63) is 62.2 Å². The lowest BCUT2D eigenvalue weighted by Gasteiger charge is -2.06. The van der Waals surface area contributed by atoms with Crippen LogP contribution in [0.25, 0.3) is 0 Å². The summed E-state index contributed by atoms with van der Waals surface area (Å²) < 4.78 is 6.05. The lowest BCUT2D eigenvalue weighted by atomic mass is 10.0. The molecule has 4 heteroatoms. The number of ketones is 1. The van der Waals surface area contributed by atoms with Crippen molar-refractivity contribution in [1.82, 2.24) is 0 Å². The van der Waals surface area contributed by atoms with Gasteiger partial charge in [-0.1, -0.05) is 23.7 Å². The lowest BCUT2D eigenvalue weighted by molar-refractivity contribution is 0.0982. The molecule has 0 aliphatic heterocycles. The molecule has 0 aromatic heterocycles. The van der Waals surface area contributed by atoms with Gasteiger partial charge in [0.2, 0.25) is 0 Å². The van der Waals surface area contributed by atoms with Gasteiger partial charge in [0.25, 0.3) is 0 Å². The van der Waals surface area contributed by atoms with E-state index in [0.717, 1.165) is 14.9 Å². The zero-order valence-corrected chi connectivity index (χ0v) is 13.9. The molecule has 0 aliphatic rings. The number of halogens is 2. The molecule has 0 fully saturated rings. The molecular formula is C16H14ClIO2. The van der Waals surface area contributed by atoms with Gasteiger partial charge in [-0.2, -0.15) is 0 Å². The van der Waals surface area contributed by atoms with Crippen molar-refractivity contribution in [2.45, 2.75) is 12.8 Å². The molecule has 0 atom stereocenters. The molecule has 2 nitrogen and oxygen atoms in total. The highest BCUT2D eigenvalue weighted by Crippen LogP contribution is 2.20. The van der Waals surface area contributed by atoms with Gasteiger partial charge in [-0.3, -0.25) is 4.79 Å². The van der Waals surface area contributed by atoms with E-state index in [2.05, 4.69) is 22.6 Å². The molecule has 104 valence electrons. The molecule has 2 aromatic rings. The number of rotatable bonds is 5. The van der Waals surface area contributed by atoms with Crippen LogP contribution in [0.3, 0.4) is 0 Å². The number of aryl methyl sites for hydroxylation is 1. The summed E-state index contributed by atoms with van der Waals surface area (Å²) in [5, 5.41) is 0.596. The minimum Gasteiger partial charge on any atom is -0.497 e. The van der Waals surface area contributed by atoms with E-state index in [1.807, 2.05) is 30.3 Å². The predicted molar refractivity (Wildman–Crippen MR) is 89.8 cm³/mol. The maximum Gasteiger partial charge on any atom is 0.164 e. The molecule has 0 saturated carbocycles. The molecule has 0 unspecified atom stereocenters. The maximum atomic E-state index is 12.2. The second-order valence-electron chi connectivity index (χ2n) is 4.40. The molecule has 2 rings (SSSR count). The fourth-order valence-electron chi connectivity index (χ4n) is 1.90. The quantitative estimate of drug-likeness (QED) is 0.534. The van der Waals surface area contributed by atoms with Crippen molar-refractivity contribution in [3.8, 4) is 5.75 Å². The SMILES string of the molecule is COc1ccc(CCC(=O)c2cc(Cl)ccc2I)cc1. The van der Waals surface area contributed by atoms with Gasteiger partial charge in [0, 0.05) is 20.6 Å². The van der Waals surface area contributed by atoms with E-state index in [1.54, 1.807) is 19.2 Å². The third-order valence-corrected chi connectivity index (χ3v) is 4.20. The van der Waals surface area contributed by atoms with E-state index in [4.69, 9.17) is 16.3 Å². The Labute approximate surface area is 137 Å². The highest BCUT2D eigenvalue weighted by atomic mass is 127. The zero-order valence-electron chi connectivity index (χ0n) is 11.0. The predicted octanol–water partition coefficient (Wildman–Crippen LogP) is 4.77.